The quantitative estimate of drug-likeness (QED) is 0.634. The summed E-state index contributed by atoms with van der Waals surface area (Å²) < 4.78 is 30.3. The smallest absolute Gasteiger partial charge is 0.414 e. The van der Waals surface area contributed by atoms with Crippen molar-refractivity contribution in [2.24, 2.45) is 0 Å². The van der Waals surface area contributed by atoms with Crippen LogP contribution in [0.3, 0.4) is 0 Å². The van der Waals surface area contributed by atoms with Crippen LogP contribution in [0.15, 0.2) is 18.2 Å². The number of amides is 2. The molecule has 35 heavy (non-hydrogen) atoms. The van der Waals surface area contributed by atoms with Gasteiger partial charge in [0.15, 0.2) is 0 Å². The van der Waals surface area contributed by atoms with Gasteiger partial charge in [-0.25, -0.2) is 14.0 Å². The highest BCUT2D eigenvalue weighted by Crippen LogP contribution is 2.48. The number of rotatable bonds is 2. The van der Waals surface area contributed by atoms with E-state index in [4.69, 9.17) is 14.2 Å². The summed E-state index contributed by atoms with van der Waals surface area (Å²) in [5.41, 5.74) is 1.45. The number of anilines is 1. The number of likely N-dealkylation sites (tertiary alicyclic amines) is 1. The maximum Gasteiger partial charge on any atom is 0.414 e. The number of carbonyl (C=O) groups excluding carboxylic acids is 2. The lowest BCUT2D eigenvalue weighted by Crippen LogP contribution is -2.56. The normalized spacial score (nSPS) is 31.6. The second-order valence-corrected chi connectivity index (χ2v) is 10.8. The van der Waals surface area contributed by atoms with E-state index in [1.807, 2.05) is 4.90 Å². The minimum atomic E-state index is -0.392. The van der Waals surface area contributed by atoms with Gasteiger partial charge in [0.2, 0.25) is 0 Å². The van der Waals surface area contributed by atoms with Crippen molar-refractivity contribution in [1.29, 1.82) is 0 Å². The molecule has 4 saturated heterocycles. The van der Waals surface area contributed by atoms with Gasteiger partial charge in [0.1, 0.15) is 11.9 Å². The van der Waals surface area contributed by atoms with Crippen LogP contribution >= 0.6 is 0 Å². The molecule has 1 spiro atoms. The van der Waals surface area contributed by atoms with Gasteiger partial charge in [-0.15, -0.1) is 0 Å². The summed E-state index contributed by atoms with van der Waals surface area (Å²) in [5, 5.41) is 0. The number of hydrogen-bond acceptors (Lipinski definition) is 6. The van der Waals surface area contributed by atoms with Gasteiger partial charge in [-0.2, -0.15) is 0 Å². The van der Waals surface area contributed by atoms with Gasteiger partial charge >= 0.3 is 12.2 Å². The van der Waals surface area contributed by atoms with Gasteiger partial charge in [-0.3, -0.25) is 4.90 Å². The zero-order valence-electron chi connectivity index (χ0n) is 20.3. The molecule has 3 atom stereocenters. The Kier molecular flexibility index (Phi) is 5.87. The third kappa shape index (κ3) is 3.96. The van der Waals surface area contributed by atoms with E-state index >= 15 is 0 Å². The Morgan fingerprint density at radius 2 is 1.80 bits per heavy atom. The lowest BCUT2D eigenvalue weighted by molar-refractivity contribution is 0.00971. The zero-order chi connectivity index (χ0) is 24.2. The fraction of sp³-hybridized carbons (Fsp3) is 0.692. The molecular weight excluding hydrogens is 453 g/mol. The molecule has 190 valence electrons. The molecule has 2 unspecified atom stereocenters. The molecule has 5 heterocycles. The number of halogens is 1. The molecule has 8 nitrogen and oxygen atoms in total. The summed E-state index contributed by atoms with van der Waals surface area (Å²) in [6.07, 6.45) is 5.87. The van der Waals surface area contributed by atoms with E-state index < -0.39 is 6.09 Å². The molecule has 0 N–H and O–H groups in total. The molecular formula is C26H34FN3O5. The third-order valence-electron chi connectivity index (χ3n) is 9.02. The number of methoxy groups -OCH3 is 1. The maximum absolute atomic E-state index is 14.2. The SMILES string of the molecule is COC(=O)N1CC2(CCN(C3CC4CCC(C3)N4C(=O)O[C@H]3CCOC3)CC2)c2cc(F)ccc21. The Morgan fingerprint density at radius 1 is 1.06 bits per heavy atom. The van der Waals surface area contributed by atoms with Crippen LogP contribution in [-0.4, -0.2) is 86.2 Å². The van der Waals surface area contributed by atoms with Crippen LogP contribution in [0.2, 0.25) is 0 Å². The molecule has 1 aromatic rings. The first kappa shape index (κ1) is 23.0. The Hall–Kier alpha value is -2.39. The molecule has 0 aliphatic carbocycles. The van der Waals surface area contributed by atoms with Crippen molar-refractivity contribution in [2.75, 3.05) is 44.9 Å². The highest BCUT2D eigenvalue weighted by Gasteiger charge is 2.50. The van der Waals surface area contributed by atoms with Crippen LogP contribution in [0.25, 0.3) is 0 Å². The number of nitrogens with zero attached hydrogens (tertiary/aromatic N) is 3. The monoisotopic (exact) mass is 487 g/mol. The standard InChI is InChI=1S/C26H34FN3O5/c1-33-24(31)29-16-26(22-12-17(27)2-5-23(22)29)7-9-28(10-8-26)20-13-18-3-4-19(14-20)30(18)25(32)35-21-6-11-34-15-21/h2,5,12,18-21H,3-4,6-11,13-16H2,1H3/t18?,19?,20?,21-/m0/s1. The van der Waals surface area contributed by atoms with Gasteiger partial charge < -0.3 is 24.0 Å². The minimum Gasteiger partial charge on any atom is -0.452 e. The Balaban J connectivity index is 1.12. The van der Waals surface area contributed by atoms with Crippen LogP contribution in [0.4, 0.5) is 19.7 Å². The highest BCUT2D eigenvalue weighted by molar-refractivity contribution is 5.91. The summed E-state index contributed by atoms with van der Waals surface area (Å²) in [6, 6.07) is 5.63. The number of piperidine rings is 2. The lowest BCUT2D eigenvalue weighted by Gasteiger charge is -2.47. The molecule has 5 aliphatic rings. The molecule has 4 fully saturated rings. The Bertz CT molecular complexity index is 977. The first-order valence-corrected chi connectivity index (χ1v) is 12.9. The topological polar surface area (TPSA) is 71.6 Å². The van der Waals surface area contributed by atoms with Crippen molar-refractivity contribution < 1.29 is 28.2 Å². The largest absolute Gasteiger partial charge is 0.452 e. The van der Waals surface area contributed by atoms with Crippen molar-refractivity contribution in [2.45, 2.75) is 74.6 Å². The van der Waals surface area contributed by atoms with Crippen molar-refractivity contribution in [3.05, 3.63) is 29.6 Å². The Morgan fingerprint density at radius 3 is 2.46 bits per heavy atom. The second kappa shape index (κ2) is 8.92. The van der Waals surface area contributed by atoms with E-state index in [9.17, 15) is 14.0 Å². The van der Waals surface area contributed by atoms with Crippen LogP contribution in [0, 0.1) is 5.82 Å². The van der Waals surface area contributed by atoms with Crippen molar-refractivity contribution in [1.82, 2.24) is 9.80 Å². The maximum atomic E-state index is 14.2. The number of fused-ring (bicyclic) bond motifs is 4. The van der Waals surface area contributed by atoms with Crippen molar-refractivity contribution in [3.63, 3.8) is 0 Å². The Labute approximate surface area is 205 Å². The second-order valence-electron chi connectivity index (χ2n) is 10.8. The van der Waals surface area contributed by atoms with Crippen molar-refractivity contribution >= 4 is 17.9 Å². The first-order chi connectivity index (χ1) is 17.0. The molecule has 6 rings (SSSR count). The van der Waals surface area contributed by atoms with Gasteiger partial charge in [-0.05, 0) is 75.4 Å². The molecule has 0 radical (unpaired) electrons. The van der Waals surface area contributed by atoms with E-state index in [1.54, 1.807) is 17.0 Å². The van der Waals surface area contributed by atoms with Crippen LogP contribution < -0.4 is 4.90 Å². The first-order valence-electron chi connectivity index (χ1n) is 12.9. The summed E-state index contributed by atoms with van der Waals surface area (Å²) in [6.45, 7) is 3.51. The molecule has 1 aromatic carbocycles. The molecule has 0 saturated carbocycles. The molecule has 5 aliphatic heterocycles. The molecule has 2 amide bonds. The van der Waals surface area contributed by atoms with E-state index in [-0.39, 0.29) is 35.5 Å². The summed E-state index contributed by atoms with van der Waals surface area (Å²) >= 11 is 0. The van der Waals surface area contributed by atoms with Crippen molar-refractivity contribution in [3.8, 4) is 0 Å². The van der Waals surface area contributed by atoms with E-state index in [0.29, 0.717) is 25.8 Å². The van der Waals surface area contributed by atoms with E-state index in [1.165, 1.54) is 13.2 Å². The molecule has 9 heteroatoms. The summed E-state index contributed by atoms with van der Waals surface area (Å²) in [4.78, 5) is 31.5. The number of benzene rings is 1. The third-order valence-corrected chi connectivity index (χ3v) is 9.02. The highest BCUT2D eigenvalue weighted by atomic mass is 19.1. The van der Waals surface area contributed by atoms with Gasteiger partial charge in [0.05, 0.1) is 26.0 Å². The van der Waals surface area contributed by atoms with E-state index in [2.05, 4.69) is 4.90 Å². The fourth-order valence-corrected chi connectivity index (χ4v) is 7.21. The van der Waals surface area contributed by atoms with Gasteiger partial charge in [0, 0.05) is 36.5 Å². The predicted molar refractivity (Wildman–Crippen MR) is 126 cm³/mol. The average molecular weight is 488 g/mol. The van der Waals surface area contributed by atoms with E-state index in [0.717, 1.165) is 69.3 Å². The summed E-state index contributed by atoms with van der Waals surface area (Å²) in [5.74, 6) is -0.266. The van der Waals surface area contributed by atoms with Gasteiger partial charge in [0.25, 0.3) is 0 Å². The number of ether oxygens (including phenoxy) is 3. The number of carbonyl (C=O) groups is 2. The van der Waals surface area contributed by atoms with Gasteiger partial charge in [-0.1, -0.05) is 0 Å². The lowest BCUT2D eigenvalue weighted by atomic mass is 9.73. The summed E-state index contributed by atoms with van der Waals surface area (Å²) in [7, 11) is 1.39. The number of hydrogen-bond donors (Lipinski definition) is 0. The fourth-order valence-electron chi connectivity index (χ4n) is 7.21. The predicted octanol–water partition coefficient (Wildman–Crippen LogP) is 3.67. The average Bonchev–Trinajstić information content (AvgIpc) is 3.55. The minimum absolute atomic E-state index is 0.110. The van der Waals surface area contributed by atoms with Crippen LogP contribution in [0.1, 0.15) is 50.5 Å². The van der Waals surface area contributed by atoms with Crippen LogP contribution in [-0.2, 0) is 19.6 Å². The molecule has 2 bridgehead atoms. The zero-order valence-corrected chi connectivity index (χ0v) is 20.3. The molecule has 0 aromatic heterocycles. The van der Waals surface area contributed by atoms with Crippen LogP contribution in [0.5, 0.6) is 0 Å².